The maximum atomic E-state index is 13.6. The molecule has 20 heteroatoms. The maximum Gasteiger partial charge on any atom is 0.315 e. The van der Waals surface area contributed by atoms with Crippen molar-refractivity contribution in [1.82, 2.24) is 42.5 Å². The zero-order chi connectivity index (χ0) is 46.6. The van der Waals surface area contributed by atoms with E-state index in [2.05, 4.69) is 42.5 Å². The average Bonchev–Trinajstić information content (AvgIpc) is 4.02. The van der Waals surface area contributed by atoms with Gasteiger partial charge in [0.1, 0.15) is 23.7 Å². The highest BCUT2D eigenvalue weighted by molar-refractivity contribution is 8.00. The highest BCUT2D eigenvalue weighted by atomic mass is 32.2. The summed E-state index contributed by atoms with van der Waals surface area (Å²) >= 11 is 3.70. The van der Waals surface area contributed by atoms with Crippen LogP contribution in [0.3, 0.4) is 0 Å². The number of carbonyl (C=O) groups excluding carboxylic acids is 9. The molecule has 4 heterocycles. The van der Waals surface area contributed by atoms with Gasteiger partial charge in [0.25, 0.3) is 0 Å². The van der Waals surface area contributed by atoms with Crippen molar-refractivity contribution in [2.45, 2.75) is 183 Å². The first kappa shape index (κ1) is 52.6. The molecule has 0 aromatic rings. The van der Waals surface area contributed by atoms with Gasteiger partial charge in [-0.1, -0.05) is 26.7 Å². The van der Waals surface area contributed by atoms with Crippen LogP contribution in [0, 0.1) is 11.8 Å². The minimum absolute atomic E-state index is 0.0326. The Morgan fingerprint density at radius 2 is 1.12 bits per heavy atom. The lowest BCUT2D eigenvalue weighted by Gasteiger charge is -2.23. The first-order chi connectivity index (χ1) is 30.6. The lowest BCUT2D eigenvalue weighted by molar-refractivity contribution is -0.131. The predicted molar refractivity (Wildman–Crippen MR) is 247 cm³/mol. The zero-order valence-electron chi connectivity index (χ0n) is 37.9. The molecule has 4 saturated heterocycles. The molecule has 4 fully saturated rings. The summed E-state index contributed by atoms with van der Waals surface area (Å²) in [5.41, 5.74) is 5.70. The van der Waals surface area contributed by atoms with Crippen molar-refractivity contribution in [3.63, 3.8) is 0 Å². The van der Waals surface area contributed by atoms with E-state index in [1.54, 1.807) is 6.92 Å². The van der Waals surface area contributed by atoms with Crippen molar-refractivity contribution in [2.75, 3.05) is 24.6 Å². The molecule has 4 aliphatic heterocycles. The molecule has 360 valence electrons. The maximum absolute atomic E-state index is 13.6. The normalized spacial score (nSPS) is 23.8. The van der Waals surface area contributed by atoms with Gasteiger partial charge in [-0.15, -0.1) is 0 Å². The summed E-state index contributed by atoms with van der Waals surface area (Å²) < 4.78 is 0. The third kappa shape index (κ3) is 18.1. The molecule has 0 aromatic carbocycles. The van der Waals surface area contributed by atoms with Gasteiger partial charge in [0.15, 0.2) is 0 Å². The monoisotopic (exact) mass is 935 g/mol. The number of amides is 9. The predicted octanol–water partition coefficient (Wildman–Crippen LogP) is 2.46. The quantitative estimate of drug-likeness (QED) is 0.0349. The number of unbranched alkanes of at least 4 members (excludes halogenated alkanes) is 4. The molecule has 10 atom stereocenters. The summed E-state index contributed by atoms with van der Waals surface area (Å²) in [5.74, 6) is -0.512. The number of rotatable bonds is 32. The topological polar surface area (TPSA) is 276 Å². The second-order valence-electron chi connectivity index (χ2n) is 18.0. The van der Waals surface area contributed by atoms with E-state index in [4.69, 9.17) is 5.73 Å². The Morgan fingerprint density at radius 3 is 1.62 bits per heavy atom. The number of ketones is 2. The second kappa shape index (κ2) is 27.4. The Hall–Kier alpha value is -4.07. The molecule has 18 nitrogen and oxygen atoms in total. The summed E-state index contributed by atoms with van der Waals surface area (Å²) in [6.07, 6.45) is 9.31. The fourth-order valence-electron chi connectivity index (χ4n) is 8.67. The molecular formula is C44H73N9O9S2. The fraction of sp³-hybridized carbons (Fsp3) is 0.795. The standard InChI is InChI=1S/C44H73N9O9S2/c1-26(28(3)33(55)20-19-27(2)54)18-21-38(58)48-30(13-9-11-23-47-37(57)17-7-5-15-35-40-32(25-64-35)51-44(62)53-40)42(60)49-29(41(45)59)12-8-10-22-46-36(56)16-6-4-14-34-39-31(24-63-34)50-43(61)52-39/h26,28-32,34-35,39-40H,4-25H2,1-3H3,(H2,45,59)(H,46,56)(H,47,57)(H,48,58)(H,49,60)(H2,50,52,61)(H2,51,53,62). The second-order valence-corrected chi connectivity index (χ2v) is 20.5. The zero-order valence-corrected chi connectivity index (χ0v) is 39.5. The van der Waals surface area contributed by atoms with Crippen LogP contribution < -0.4 is 48.3 Å². The number of hydrogen-bond donors (Lipinski definition) is 9. The largest absolute Gasteiger partial charge is 0.368 e. The number of thioether (sulfide) groups is 2. The molecule has 0 radical (unpaired) electrons. The van der Waals surface area contributed by atoms with Crippen molar-refractivity contribution in [1.29, 1.82) is 0 Å². The Labute approximate surface area is 386 Å². The van der Waals surface area contributed by atoms with E-state index in [1.165, 1.54) is 6.92 Å². The highest BCUT2D eigenvalue weighted by Gasteiger charge is 2.43. The van der Waals surface area contributed by atoms with Crippen molar-refractivity contribution in [2.24, 2.45) is 17.6 Å². The van der Waals surface area contributed by atoms with E-state index in [9.17, 15) is 43.2 Å². The average molecular weight is 936 g/mol. The van der Waals surface area contributed by atoms with Gasteiger partial charge < -0.3 is 53.1 Å². The molecular weight excluding hydrogens is 863 g/mol. The van der Waals surface area contributed by atoms with E-state index in [-0.39, 0.29) is 109 Å². The number of nitrogens with two attached hydrogens (primary N) is 1. The van der Waals surface area contributed by atoms with Crippen LogP contribution in [0.2, 0.25) is 0 Å². The minimum Gasteiger partial charge on any atom is -0.368 e. The molecule has 0 saturated carbocycles. The van der Waals surface area contributed by atoms with E-state index >= 15 is 0 Å². The molecule has 10 unspecified atom stereocenters. The smallest absolute Gasteiger partial charge is 0.315 e. The van der Waals surface area contributed by atoms with Crippen LogP contribution in [0.1, 0.15) is 136 Å². The Bertz CT molecular complexity index is 1640. The molecule has 10 N–H and O–H groups in total. The number of Topliss-reactive ketones (excluding diaryl/α,β-unsaturated/α-hetero) is 2. The van der Waals surface area contributed by atoms with Gasteiger partial charge in [-0.25, -0.2) is 9.59 Å². The van der Waals surface area contributed by atoms with E-state index < -0.39 is 23.9 Å². The summed E-state index contributed by atoms with van der Waals surface area (Å²) in [5, 5.41) is 24.0. The highest BCUT2D eigenvalue weighted by Crippen LogP contribution is 2.34. The molecule has 0 spiro atoms. The van der Waals surface area contributed by atoms with Crippen LogP contribution in [-0.2, 0) is 33.6 Å². The molecule has 0 bridgehead atoms. The van der Waals surface area contributed by atoms with Crippen LogP contribution in [0.4, 0.5) is 9.59 Å². The van der Waals surface area contributed by atoms with Crippen LogP contribution in [0.15, 0.2) is 0 Å². The van der Waals surface area contributed by atoms with E-state index in [0.717, 1.165) is 50.0 Å². The number of fused-ring (bicyclic) bond motifs is 2. The van der Waals surface area contributed by atoms with Crippen LogP contribution in [-0.4, -0.2) is 125 Å². The van der Waals surface area contributed by atoms with E-state index in [1.807, 2.05) is 30.4 Å². The van der Waals surface area contributed by atoms with Crippen LogP contribution in [0.25, 0.3) is 0 Å². The third-order valence-electron chi connectivity index (χ3n) is 12.9. The minimum atomic E-state index is -0.987. The number of urea groups is 2. The van der Waals surface area contributed by atoms with Crippen molar-refractivity contribution in [3.05, 3.63) is 0 Å². The molecule has 9 amide bonds. The lowest BCUT2D eigenvalue weighted by Crippen LogP contribution is -2.53. The van der Waals surface area contributed by atoms with Crippen molar-refractivity contribution in [3.8, 4) is 0 Å². The van der Waals surface area contributed by atoms with Gasteiger partial charge in [-0.3, -0.25) is 28.8 Å². The molecule has 4 rings (SSSR count). The first-order valence-electron chi connectivity index (χ1n) is 23.4. The summed E-state index contributed by atoms with van der Waals surface area (Å²) in [6.45, 7) is 5.92. The molecule has 4 aliphatic rings. The number of nitrogens with one attached hydrogen (secondary N) is 8. The van der Waals surface area contributed by atoms with Crippen LogP contribution >= 0.6 is 23.5 Å². The summed E-state index contributed by atoms with van der Waals surface area (Å²) in [4.78, 5) is 111. The van der Waals surface area contributed by atoms with E-state index in [0.29, 0.717) is 68.5 Å². The Balaban J connectivity index is 1.16. The van der Waals surface area contributed by atoms with Gasteiger partial charge in [0.2, 0.25) is 29.5 Å². The van der Waals surface area contributed by atoms with Gasteiger partial charge in [0.05, 0.1) is 24.2 Å². The van der Waals surface area contributed by atoms with Gasteiger partial charge in [0, 0.05) is 73.1 Å². The van der Waals surface area contributed by atoms with Gasteiger partial charge in [-0.05, 0) is 83.5 Å². The number of carbonyl (C=O) groups is 9. The Kier molecular flexibility index (Phi) is 22.5. The van der Waals surface area contributed by atoms with Crippen molar-refractivity contribution >= 4 is 76.7 Å². The number of primary amides is 1. The Morgan fingerprint density at radius 1 is 0.609 bits per heavy atom. The molecule has 0 aromatic heterocycles. The first-order valence-corrected chi connectivity index (χ1v) is 25.5. The molecule has 64 heavy (non-hydrogen) atoms. The lowest BCUT2D eigenvalue weighted by atomic mass is 9.86. The van der Waals surface area contributed by atoms with Gasteiger partial charge >= 0.3 is 12.1 Å². The SMILES string of the molecule is CC(=O)CCC(=O)C(C)C(C)CCC(=O)NC(CCCCNC(=O)CCCCC1SCC2NC(=O)NC21)C(=O)NC(CCCCNC(=O)CCCCC1SCC2NC(=O)NC21)C(N)=O. The van der Waals surface area contributed by atoms with Crippen LogP contribution in [0.5, 0.6) is 0 Å². The molecule has 0 aliphatic carbocycles. The third-order valence-corrected chi connectivity index (χ3v) is 15.9. The number of hydrogen-bond acceptors (Lipinski definition) is 11. The fourth-order valence-corrected chi connectivity index (χ4v) is 11.8. The van der Waals surface area contributed by atoms with Crippen molar-refractivity contribution < 1.29 is 43.2 Å². The summed E-state index contributed by atoms with van der Waals surface area (Å²) in [7, 11) is 0. The van der Waals surface area contributed by atoms with Gasteiger partial charge in [-0.2, -0.15) is 23.5 Å². The summed E-state index contributed by atoms with van der Waals surface area (Å²) in [6, 6.07) is -1.54.